The lowest BCUT2D eigenvalue weighted by molar-refractivity contribution is 0.0937. The van der Waals surface area contributed by atoms with Crippen molar-refractivity contribution in [3.63, 3.8) is 0 Å². The molecule has 3 nitrogen and oxygen atoms in total. The second-order valence-electron chi connectivity index (χ2n) is 6.17. The van der Waals surface area contributed by atoms with E-state index in [0.29, 0.717) is 24.6 Å². The standard InChI is InChI=1S/C16H25FN2O/c1-6-18-14-12(8-7-9-13(14)17)15(20)19-10-11(2)16(3,4)5/h7-9,11,18H,6,10H2,1-5H3,(H,19,20). The van der Waals surface area contributed by atoms with Crippen LogP contribution in [0.4, 0.5) is 10.1 Å². The third-order valence-electron chi connectivity index (χ3n) is 3.66. The molecule has 0 bridgehead atoms. The van der Waals surface area contributed by atoms with Crippen LogP contribution in [0.1, 0.15) is 45.0 Å². The maximum absolute atomic E-state index is 13.7. The Morgan fingerprint density at radius 1 is 1.35 bits per heavy atom. The van der Waals surface area contributed by atoms with Gasteiger partial charge in [-0.2, -0.15) is 0 Å². The van der Waals surface area contributed by atoms with E-state index in [1.807, 2.05) is 6.92 Å². The highest BCUT2D eigenvalue weighted by atomic mass is 19.1. The van der Waals surface area contributed by atoms with Crippen molar-refractivity contribution < 1.29 is 9.18 Å². The molecule has 4 heteroatoms. The first-order valence-electron chi connectivity index (χ1n) is 7.08. The number of para-hydroxylation sites is 1. The summed E-state index contributed by atoms with van der Waals surface area (Å²) in [4.78, 5) is 12.2. The fourth-order valence-corrected chi connectivity index (χ4v) is 1.72. The third-order valence-corrected chi connectivity index (χ3v) is 3.66. The van der Waals surface area contributed by atoms with Gasteiger partial charge >= 0.3 is 0 Å². The van der Waals surface area contributed by atoms with Gasteiger partial charge in [0.15, 0.2) is 0 Å². The van der Waals surface area contributed by atoms with Gasteiger partial charge in [0.2, 0.25) is 0 Å². The summed E-state index contributed by atoms with van der Waals surface area (Å²) in [6, 6.07) is 4.54. The second kappa shape index (κ2) is 6.73. The Bertz CT molecular complexity index is 466. The van der Waals surface area contributed by atoms with E-state index in [2.05, 4.69) is 38.3 Å². The van der Waals surface area contributed by atoms with Gasteiger partial charge in [0.1, 0.15) is 5.82 Å². The van der Waals surface area contributed by atoms with E-state index in [0.717, 1.165) is 0 Å². The summed E-state index contributed by atoms with van der Waals surface area (Å²) in [5.41, 5.74) is 0.753. The van der Waals surface area contributed by atoms with E-state index in [4.69, 9.17) is 0 Å². The van der Waals surface area contributed by atoms with E-state index >= 15 is 0 Å². The molecule has 112 valence electrons. The monoisotopic (exact) mass is 280 g/mol. The van der Waals surface area contributed by atoms with Crippen molar-refractivity contribution in [1.29, 1.82) is 0 Å². The molecule has 1 atom stereocenters. The Morgan fingerprint density at radius 2 is 2.00 bits per heavy atom. The van der Waals surface area contributed by atoms with Crippen LogP contribution in [-0.4, -0.2) is 19.0 Å². The number of hydrogen-bond acceptors (Lipinski definition) is 2. The predicted molar refractivity (Wildman–Crippen MR) is 81.5 cm³/mol. The van der Waals surface area contributed by atoms with E-state index in [9.17, 15) is 9.18 Å². The number of rotatable bonds is 5. The molecule has 1 rings (SSSR count). The van der Waals surface area contributed by atoms with Gasteiger partial charge in [-0.1, -0.05) is 33.8 Å². The molecule has 0 saturated carbocycles. The molecule has 0 aromatic heterocycles. The van der Waals surface area contributed by atoms with Crippen LogP contribution in [0.25, 0.3) is 0 Å². The lowest BCUT2D eigenvalue weighted by Crippen LogP contribution is -2.34. The van der Waals surface area contributed by atoms with Crippen molar-refractivity contribution in [2.75, 3.05) is 18.4 Å². The minimum atomic E-state index is -0.400. The number of amides is 1. The number of halogens is 1. The SMILES string of the molecule is CCNc1c(F)cccc1C(=O)NCC(C)C(C)(C)C. The molecule has 1 aromatic carbocycles. The van der Waals surface area contributed by atoms with Gasteiger partial charge in [-0.3, -0.25) is 4.79 Å². The third kappa shape index (κ3) is 4.22. The van der Waals surface area contributed by atoms with Crippen molar-refractivity contribution in [2.45, 2.75) is 34.6 Å². The molecule has 0 aliphatic carbocycles. The van der Waals surface area contributed by atoms with Crippen molar-refractivity contribution in [3.05, 3.63) is 29.6 Å². The van der Waals surface area contributed by atoms with Crippen molar-refractivity contribution in [2.24, 2.45) is 11.3 Å². The highest BCUT2D eigenvalue weighted by Crippen LogP contribution is 2.25. The van der Waals surface area contributed by atoms with E-state index in [-0.39, 0.29) is 17.0 Å². The highest BCUT2D eigenvalue weighted by molar-refractivity contribution is 5.99. The van der Waals surface area contributed by atoms with Crippen LogP contribution in [0, 0.1) is 17.2 Å². The zero-order valence-corrected chi connectivity index (χ0v) is 13.0. The Labute approximate surface area is 121 Å². The van der Waals surface area contributed by atoms with Gasteiger partial charge in [0.25, 0.3) is 5.91 Å². The lowest BCUT2D eigenvalue weighted by Gasteiger charge is -2.27. The van der Waals surface area contributed by atoms with Crippen LogP contribution in [0.5, 0.6) is 0 Å². The molecule has 0 spiro atoms. The minimum absolute atomic E-state index is 0.125. The summed E-state index contributed by atoms with van der Waals surface area (Å²) in [6.45, 7) is 11.5. The van der Waals surface area contributed by atoms with Crippen molar-refractivity contribution in [3.8, 4) is 0 Å². The van der Waals surface area contributed by atoms with Crippen LogP contribution in [-0.2, 0) is 0 Å². The maximum Gasteiger partial charge on any atom is 0.253 e. The van der Waals surface area contributed by atoms with Crippen molar-refractivity contribution in [1.82, 2.24) is 5.32 Å². The average molecular weight is 280 g/mol. The molecule has 0 aliphatic heterocycles. The number of benzene rings is 1. The molecule has 0 radical (unpaired) electrons. The van der Waals surface area contributed by atoms with Crippen LogP contribution in [0.2, 0.25) is 0 Å². The second-order valence-corrected chi connectivity index (χ2v) is 6.17. The maximum atomic E-state index is 13.7. The predicted octanol–water partition coefficient (Wildman–Crippen LogP) is 3.67. The average Bonchev–Trinajstić information content (AvgIpc) is 2.37. The quantitative estimate of drug-likeness (QED) is 0.864. The molecule has 0 fully saturated rings. The Kier molecular flexibility index (Phi) is 5.54. The molecule has 1 unspecified atom stereocenters. The first-order chi connectivity index (χ1) is 9.27. The Hall–Kier alpha value is -1.58. The fraction of sp³-hybridized carbons (Fsp3) is 0.562. The highest BCUT2D eigenvalue weighted by Gasteiger charge is 2.21. The first kappa shape index (κ1) is 16.5. The summed E-state index contributed by atoms with van der Waals surface area (Å²) >= 11 is 0. The fourth-order valence-electron chi connectivity index (χ4n) is 1.72. The summed E-state index contributed by atoms with van der Waals surface area (Å²) in [6.07, 6.45) is 0. The number of anilines is 1. The van der Waals surface area contributed by atoms with Gasteiger partial charge in [-0.25, -0.2) is 4.39 Å². The van der Waals surface area contributed by atoms with Crippen LogP contribution < -0.4 is 10.6 Å². The van der Waals surface area contributed by atoms with Gasteiger partial charge in [-0.15, -0.1) is 0 Å². The van der Waals surface area contributed by atoms with Gasteiger partial charge in [-0.05, 0) is 30.4 Å². The van der Waals surface area contributed by atoms with Gasteiger partial charge in [0, 0.05) is 13.1 Å². The van der Waals surface area contributed by atoms with Gasteiger partial charge in [0.05, 0.1) is 11.3 Å². The molecule has 1 amide bonds. The number of hydrogen-bond donors (Lipinski definition) is 2. The van der Waals surface area contributed by atoms with E-state index < -0.39 is 5.82 Å². The van der Waals surface area contributed by atoms with Crippen LogP contribution >= 0.6 is 0 Å². The summed E-state index contributed by atoms with van der Waals surface area (Å²) in [7, 11) is 0. The Morgan fingerprint density at radius 3 is 2.55 bits per heavy atom. The zero-order chi connectivity index (χ0) is 15.3. The molecular weight excluding hydrogens is 255 g/mol. The normalized spacial score (nSPS) is 12.9. The van der Waals surface area contributed by atoms with Gasteiger partial charge < -0.3 is 10.6 Å². The summed E-state index contributed by atoms with van der Waals surface area (Å²) < 4.78 is 13.7. The minimum Gasteiger partial charge on any atom is -0.382 e. The molecule has 2 N–H and O–H groups in total. The first-order valence-corrected chi connectivity index (χ1v) is 7.08. The number of carbonyl (C=O) groups is 1. The molecule has 20 heavy (non-hydrogen) atoms. The van der Waals surface area contributed by atoms with E-state index in [1.54, 1.807) is 12.1 Å². The van der Waals surface area contributed by atoms with E-state index in [1.165, 1.54) is 6.07 Å². The van der Waals surface area contributed by atoms with Crippen LogP contribution in [0.3, 0.4) is 0 Å². The zero-order valence-electron chi connectivity index (χ0n) is 13.0. The molecule has 0 aliphatic rings. The van der Waals surface area contributed by atoms with Crippen molar-refractivity contribution >= 4 is 11.6 Å². The smallest absolute Gasteiger partial charge is 0.253 e. The summed E-state index contributed by atoms with van der Waals surface area (Å²) in [5.74, 6) is -0.303. The lowest BCUT2D eigenvalue weighted by atomic mass is 9.82. The molecule has 1 aromatic rings. The number of carbonyl (C=O) groups excluding carboxylic acids is 1. The summed E-state index contributed by atoms with van der Waals surface area (Å²) in [5, 5.41) is 5.79. The molecule has 0 heterocycles. The molecule has 0 saturated heterocycles. The Balaban J connectivity index is 2.80. The topological polar surface area (TPSA) is 41.1 Å². The number of nitrogens with one attached hydrogen (secondary N) is 2. The largest absolute Gasteiger partial charge is 0.382 e. The van der Waals surface area contributed by atoms with Crippen LogP contribution in [0.15, 0.2) is 18.2 Å². The molecular formula is C16H25FN2O.